The normalized spacial score (nSPS) is 14.2. The lowest BCUT2D eigenvalue weighted by atomic mass is 9.95. The van der Waals surface area contributed by atoms with Crippen molar-refractivity contribution in [1.82, 2.24) is 0 Å². The van der Waals surface area contributed by atoms with Crippen molar-refractivity contribution < 1.29 is 8.78 Å². The Hall–Kier alpha value is -0.920. The highest BCUT2D eigenvalue weighted by Crippen LogP contribution is 2.28. The van der Waals surface area contributed by atoms with Crippen molar-refractivity contribution in [2.24, 2.45) is 0 Å². The first-order chi connectivity index (χ1) is 5.99. The van der Waals surface area contributed by atoms with E-state index in [1.807, 2.05) is 37.3 Å². The number of alkyl halides is 2. The van der Waals surface area contributed by atoms with E-state index in [2.05, 4.69) is 0 Å². The van der Waals surface area contributed by atoms with Gasteiger partial charge in [-0.05, 0) is 18.4 Å². The van der Waals surface area contributed by atoms with Gasteiger partial charge in [0.2, 0.25) is 5.92 Å². The first kappa shape index (κ1) is 10.2. The van der Waals surface area contributed by atoms with Gasteiger partial charge in [0.05, 0.1) is 0 Å². The predicted octanol–water partition coefficient (Wildman–Crippen LogP) is 3.84. The Kier molecular flexibility index (Phi) is 3.02. The molecule has 0 aliphatic carbocycles. The quantitative estimate of drug-likeness (QED) is 0.669. The van der Waals surface area contributed by atoms with Crippen LogP contribution in [0, 0.1) is 0 Å². The number of halogens is 2. The smallest absolute Gasteiger partial charge is 0.207 e. The Balaban J connectivity index is 2.64. The van der Waals surface area contributed by atoms with Crippen LogP contribution in [0.5, 0.6) is 0 Å². The van der Waals surface area contributed by atoms with Crippen LogP contribution < -0.4 is 0 Å². The minimum Gasteiger partial charge on any atom is -0.207 e. The molecule has 0 N–H and O–H groups in total. The third-order valence-corrected chi connectivity index (χ3v) is 2.03. The fourth-order valence-corrected chi connectivity index (χ4v) is 1.44. The lowest BCUT2D eigenvalue weighted by Gasteiger charge is -2.16. The van der Waals surface area contributed by atoms with Crippen LogP contribution in [0.25, 0.3) is 0 Å². The Morgan fingerprint density at radius 3 is 2.23 bits per heavy atom. The minimum atomic E-state index is -2.57. The number of rotatable bonds is 3. The second-order valence-corrected chi connectivity index (χ2v) is 3.59. The molecule has 0 aliphatic heterocycles. The molecule has 1 atom stereocenters. The lowest BCUT2D eigenvalue weighted by Crippen LogP contribution is -2.13. The molecule has 0 nitrogen and oxygen atoms in total. The first-order valence-corrected chi connectivity index (χ1v) is 4.42. The van der Waals surface area contributed by atoms with Crippen LogP contribution in [-0.4, -0.2) is 5.92 Å². The Morgan fingerprint density at radius 1 is 1.23 bits per heavy atom. The Morgan fingerprint density at radius 2 is 1.77 bits per heavy atom. The lowest BCUT2D eigenvalue weighted by molar-refractivity contribution is 0.00721. The van der Waals surface area contributed by atoms with Gasteiger partial charge in [-0.15, -0.1) is 0 Å². The highest BCUT2D eigenvalue weighted by atomic mass is 19.3. The van der Waals surface area contributed by atoms with Gasteiger partial charge in [0.25, 0.3) is 0 Å². The van der Waals surface area contributed by atoms with E-state index in [0.717, 1.165) is 12.5 Å². The van der Waals surface area contributed by atoms with Crippen LogP contribution in [0.15, 0.2) is 30.3 Å². The van der Waals surface area contributed by atoms with E-state index in [9.17, 15) is 8.78 Å². The second-order valence-electron chi connectivity index (χ2n) is 3.59. The standard InChI is InChI=1S/C11H14F2/c1-9(8-11(2,12)13)10-6-4-3-5-7-10/h3-7,9H,8H2,1-2H3. The molecule has 0 amide bonds. The summed E-state index contributed by atoms with van der Waals surface area (Å²) in [5.41, 5.74) is 0.976. The van der Waals surface area contributed by atoms with Gasteiger partial charge in [-0.2, -0.15) is 0 Å². The molecule has 1 aromatic carbocycles. The molecular formula is C11H14F2. The van der Waals surface area contributed by atoms with Gasteiger partial charge >= 0.3 is 0 Å². The zero-order valence-corrected chi connectivity index (χ0v) is 7.93. The number of hydrogen-bond acceptors (Lipinski definition) is 0. The van der Waals surface area contributed by atoms with Gasteiger partial charge in [0, 0.05) is 6.42 Å². The monoisotopic (exact) mass is 184 g/mol. The molecule has 72 valence electrons. The fraction of sp³-hybridized carbons (Fsp3) is 0.455. The van der Waals surface area contributed by atoms with Crippen molar-refractivity contribution >= 4 is 0 Å². The second kappa shape index (κ2) is 3.86. The maximum atomic E-state index is 12.7. The molecule has 0 spiro atoms. The van der Waals surface area contributed by atoms with Crippen molar-refractivity contribution in [2.75, 3.05) is 0 Å². The Labute approximate surface area is 77.6 Å². The molecule has 0 aromatic heterocycles. The van der Waals surface area contributed by atoms with E-state index in [4.69, 9.17) is 0 Å². The molecule has 0 heterocycles. The number of benzene rings is 1. The molecular weight excluding hydrogens is 170 g/mol. The van der Waals surface area contributed by atoms with Gasteiger partial charge in [-0.1, -0.05) is 37.3 Å². The van der Waals surface area contributed by atoms with Crippen molar-refractivity contribution in [3.8, 4) is 0 Å². The maximum Gasteiger partial charge on any atom is 0.246 e. The van der Waals surface area contributed by atoms with E-state index < -0.39 is 5.92 Å². The summed E-state index contributed by atoms with van der Waals surface area (Å²) in [6, 6.07) is 9.41. The van der Waals surface area contributed by atoms with Crippen LogP contribution in [0.2, 0.25) is 0 Å². The molecule has 1 aromatic rings. The molecule has 1 rings (SSSR count). The van der Waals surface area contributed by atoms with E-state index >= 15 is 0 Å². The molecule has 1 unspecified atom stereocenters. The predicted molar refractivity (Wildman–Crippen MR) is 50.1 cm³/mol. The molecule has 2 heteroatoms. The fourth-order valence-electron chi connectivity index (χ4n) is 1.44. The van der Waals surface area contributed by atoms with Crippen LogP contribution in [0.3, 0.4) is 0 Å². The molecule has 0 bridgehead atoms. The molecule has 0 fully saturated rings. The van der Waals surface area contributed by atoms with E-state index in [-0.39, 0.29) is 12.3 Å². The van der Waals surface area contributed by atoms with Gasteiger partial charge in [-0.25, -0.2) is 8.78 Å². The summed E-state index contributed by atoms with van der Waals surface area (Å²) in [5.74, 6) is -2.66. The van der Waals surface area contributed by atoms with E-state index in [1.54, 1.807) is 0 Å². The third kappa shape index (κ3) is 3.53. The maximum absolute atomic E-state index is 12.7. The van der Waals surface area contributed by atoms with Crippen LogP contribution >= 0.6 is 0 Å². The van der Waals surface area contributed by atoms with Crippen LogP contribution in [-0.2, 0) is 0 Å². The summed E-state index contributed by atoms with van der Waals surface area (Å²) in [4.78, 5) is 0. The topological polar surface area (TPSA) is 0 Å². The summed E-state index contributed by atoms with van der Waals surface area (Å²) in [6.45, 7) is 2.79. The average Bonchev–Trinajstić information content (AvgIpc) is 2.03. The highest BCUT2D eigenvalue weighted by molar-refractivity contribution is 5.18. The largest absolute Gasteiger partial charge is 0.246 e. The van der Waals surface area contributed by atoms with Gasteiger partial charge in [-0.3, -0.25) is 0 Å². The van der Waals surface area contributed by atoms with Crippen LogP contribution in [0.4, 0.5) is 8.78 Å². The average molecular weight is 184 g/mol. The molecule has 13 heavy (non-hydrogen) atoms. The summed E-state index contributed by atoms with van der Waals surface area (Å²) in [7, 11) is 0. The SMILES string of the molecule is CC(CC(C)(F)F)c1ccccc1. The zero-order valence-electron chi connectivity index (χ0n) is 7.93. The Bertz CT molecular complexity index is 249. The third-order valence-electron chi connectivity index (χ3n) is 2.03. The zero-order chi connectivity index (χ0) is 9.90. The summed E-state index contributed by atoms with van der Waals surface area (Å²) < 4.78 is 25.3. The first-order valence-electron chi connectivity index (χ1n) is 4.42. The van der Waals surface area contributed by atoms with Crippen molar-refractivity contribution in [3.05, 3.63) is 35.9 Å². The summed E-state index contributed by atoms with van der Waals surface area (Å²) >= 11 is 0. The van der Waals surface area contributed by atoms with Gasteiger partial charge in [0.1, 0.15) is 0 Å². The van der Waals surface area contributed by atoms with Crippen molar-refractivity contribution in [1.29, 1.82) is 0 Å². The van der Waals surface area contributed by atoms with Crippen molar-refractivity contribution in [2.45, 2.75) is 32.1 Å². The summed E-state index contributed by atoms with van der Waals surface area (Å²) in [6.07, 6.45) is -0.0863. The van der Waals surface area contributed by atoms with Crippen LogP contribution in [0.1, 0.15) is 31.7 Å². The molecule has 0 saturated heterocycles. The van der Waals surface area contributed by atoms with E-state index in [0.29, 0.717) is 0 Å². The molecule has 0 radical (unpaired) electrons. The number of hydrogen-bond donors (Lipinski definition) is 0. The van der Waals surface area contributed by atoms with Crippen molar-refractivity contribution in [3.63, 3.8) is 0 Å². The molecule has 0 saturated carbocycles. The molecule has 0 aliphatic rings. The van der Waals surface area contributed by atoms with Gasteiger partial charge < -0.3 is 0 Å². The summed E-state index contributed by atoms with van der Waals surface area (Å²) in [5, 5.41) is 0. The van der Waals surface area contributed by atoms with Gasteiger partial charge in [0.15, 0.2) is 0 Å². The van der Waals surface area contributed by atoms with E-state index in [1.165, 1.54) is 0 Å². The highest BCUT2D eigenvalue weighted by Gasteiger charge is 2.24. The minimum absolute atomic E-state index is 0.0822.